The fraction of sp³-hybridized carbons (Fsp3) is 0.562. The van der Waals surface area contributed by atoms with Gasteiger partial charge in [-0.2, -0.15) is 0 Å². The first-order valence-corrected chi connectivity index (χ1v) is 7.26. The fourth-order valence-electron chi connectivity index (χ4n) is 3.68. The summed E-state index contributed by atoms with van der Waals surface area (Å²) in [4.78, 5) is 17.1. The van der Waals surface area contributed by atoms with E-state index in [9.17, 15) is 4.79 Å². The van der Waals surface area contributed by atoms with Gasteiger partial charge in [0.1, 0.15) is 0 Å². The molecule has 0 heterocycles. The lowest BCUT2D eigenvalue weighted by Gasteiger charge is -2.20. The largest absolute Gasteiger partial charge is 0.273 e. The molecule has 2 bridgehead atoms. The normalized spacial score (nSPS) is 28.5. The van der Waals surface area contributed by atoms with Crippen LogP contribution in [0.4, 0.5) is 0 Å². The van der Waals surface area contributed by atoms with Crippen LogP contribution >= 0.6 is 0 Å². The summed E-state index contributed by atoms with van der Waals surface area (Å²) in [6, 6.07) is 9.88. The highest BCUT2D eigenvalue weighted by atomic mass is 16.6. The molecule has 3 rings (SSSR count). The third kappa shape index (κ3) is 3.16. The van der Waals surface area contributed by atoms with Gasteiger partial charge in [0.25, 0.3) is 0 Å². The second-order valence-corrected chi connectivity index (χ2v) is 5.94. The Morgan fingerprint density at radius 1 is 1.21 bits per heavy atom. The van der Waals surface area contributed by atoms with E-state index in [-0.39, 0.29) is 5.91 Å². The Morgan fingerprint density at radius 3 is 2.74 bits per heavy atom. The predicted octanol–water partition coefficient (Wildman–Crippen LogP) is 3.06. The van der Waals surface area contributed by atoms with Crippen molar-refractivity contribution in [3.05, 3.63) is 35.9 Å². The molecule has 1 N–H and O–H groups in total. The number of hydrogen-bond donors (Lipinski definition) is 1. The highest BCUT2D eigenvalue weighted by Gasteiger charge is 2.40. The van der Waals surface area contributed by atoms with E-state index in [2.05, 4.69) is 5.48 Å². The minimum absolute atomic E-state index is 0.0356. The number of fused-ring (bicyclic) bond motifs is 2. The molecule has 2 aliphatic carbocycles. The molecule has 2 saturated carbocycles. The van der Waals surface area contributed by atoms with Gasteiger partial charge in [-0.15, -0.1) is 0 Å². The van der Waals surface area contributed by atoms with E-state index in [1.165, 1.54) is 25.7 Å². The zero-order chi connectivity index (χ0) is 13.1. The van der Waals surface area contributed by atoms with E-state index < -0.39 is 0 Å². The first-order valence-electron chi connectivity index (χ1n) is 7.26. The van der Waals surface area contributed by atoms with Crippen LogP contribution in [-0.2, 0) is 16.2 Å². The fourth-order valence-corrected chi connectivity index (χ4v) is 3.68. The van der Waals surface area contributed by atoms with Gasteiger partial charge in [0.2, 0.25) is 5.91 Å². The second kappa shape index (κ2) is 5.74. The topological polar surface area (TPSA) is 38.3 Å². The molecule has 0 aromatic heterocycles. The molecule has 0 radical (unpaired) electrons. The number of hydroxylamine groups is 1. The SMILES string of the molecule is O=C(C[C@H]1C[C@H]2CC[C@@H]1C2)NOCc1ccccc1. The molecule has 2 aliphatic rings. The summed E-state index contributed by atoms with van der Waals surface area (Å²) < 4.78 is 0. The van der Waals surface area contributed by atoms with E-state index >= 15 is 0 Å². The van der Waals surface area contributed by atoms with Crippen molar-refractivity contribution in [2.45, 2.75) is 38.7 Å². The maximum atomic E-state index is 11.8. The van der Waals surface area contributed by atoms with Gasteiger partial charge in [0, 0.05) is 6.42 Å². The average molecular weight is 259 g/mol. The van der Waals surface area contributed by atoms with Crippen LogP contribution in [0.2, 0.25) is 0 Å². The molecule has 2 fully saturated rings. The van der Waals surface area contributed by atoms with Crippen molar-refractivity contribution in [2.75, 3.05) is 0 Å². The monoisotopic (exact) mass is 259 g/mol. The maximum Gasteiger partial charge on any atom is 0.243 e. The molecule has 3 atom stereocenters. The molecular formula is C16H21NO2. The van der Waals surface area contributed by atoms with Crippen LogP contribution in [0.1, 0.15) is 37.7 Å². The zero-order valence-corrected chi connectivity index (χ0v) is 11.2. The van der Waals surface area contributed by atoms with Crippen LogP contribution in [0.3, 0.4) is 0 Å². The van der Waals surface area contributed by atoms with Crippen LogP contribution < -0.4 is 5.48 Å². The predicted molar refractivity (Wildman–Crippen MR) is 72.9 cm³/mol. The minimum atomic E-state index is 0.0356. The summed E-state index contributed by atoms with van der Waals surface area (Å²) >= 11 is 0. The van der Waals surface area contributed by atoms with Crippen molar-refractivity contribution < 1.29 is 9.63 Å². The van der Waals surface area contributed by atoms with Crippen LogP contribution in [0.5, 0.6) is 0 Å². The van der Waals surface area contributed by atoms with Gasteiger partial charge < -0.3 is 0 Å². The molecule has 1 amide bonds. The van der Waals surface area contributed by atoms with Gasteiger partial charge >= 0.3 is 0 Å². The lowest BCUT2D eigenvalue weighted by Crippen LogP contribution is -2.27. The standard InChI is InChI=1S/C16H21NO2/c18-16(10-15-9-13-6-7-14(15)8-13)17-19-11-12-4-2-1-3-5-12/h1-5,13-15H,6-11H2,(H,17,18)/t13-,14+,15+/m0/s1. The highest BCUT2D eigenvalue weighted by Crippen LogP contribution is 2.49. The smallest absolute Gasteiger partial charge is 0.243 e. The second-order valence-electron chi connectivity index (χ2n) is 5.94. The van der Waals surface area contributed by atoms with E-state index in [1.807, 2.05) is 30.3 Å². The molecule has 3 heteroatoms. The van der Waals surface area contributed by atoms with E-state index in [0.717, 1.165) is 17.4 Å². The average Bonchev–Trinajstić information content (AvgIpc) is 3.02. The van der Waals surface area contributed by atoms with Gasteiger partial charge in [-0.25, -0.2) is 5.48 Å². The van der Waals surface area contributed by atoms with Crippen molar-refractivity contribution in [2.24, 2.45) is 17.8 Å². The lowest BCUT2D eigenvalue weighted by molar-refractivity contribution is -0.135. The van der Waals surface area contributed by atoms with Crippen molar-refractivity contribution in [3.8, 4) is 0 Å². The van der Waals surface area contributed by atoms with Gasteiger partial charge in [-0.05, 0) is 42.6 Å². The van der Waals surface area contributed by atoms with Gasteiger partial charge in [-0.1, -0.05) is 36.8 Å². The summed E-state index contributed by atoms with van der Waals surface area (Å²) in [5, 5.41) is 0. The number of carbonyl (C=O) groups is 1. The van der Waals surface area contributed by atoms with E-state index in [0.29, 0.717) is 18.9 Å². The third-order valence-corrected chi connectivity index (χ3v) is 4.60. The maximum absolute atomic E-state index is 11.8. The molecule has 3 nitrogen and oxygen atoms in total. The molecule has 1 aromatic carbocycles. The van der Waals surface area contributed by atoms with Crippen LogP contribution in [0.25, 0.3) is 0 Å². The zero-order valence-electron chi connectivity index (χ0n) is 11.2. The Morgan fingerprint density at radius 2 is 2.05 bits per heavy atom. The quantitative estimate of drug-likeness (QED) is 0.825. The summed E-state index contributed by atoms with van der Waals surface area (Å²) in [5.74, 6) is 2.32. The van der Waals surface area contributed by atoms with Crippen LogP contribution in [-0.4, -0.2) is 5.91 Å². The molecule has 0 unspecified atom stereocenters. The molecule has 19 heavy (non-hydrogen) atoms. The van der Waals surface area contributed by atoms with Crippen molar-refractivity contribution in [3.63, 3.8) is 0 Å². The molecule has 1 aromatic rings. The summed E-state index contributed by atoms with van der Waals surface area (Å²) in [6.45, 7) is 0.434. The van der Waals surface area contributed by atoms with Crippen molar-refractivity contribution in [1.29, 1.82) is 0 Å². The molecule has 0 spiro atoms. The highest BCUT2D eigenvalue weighted by molar-refractivity contribution is 5.75. The first kappa shape index (κ1) is 12.7. The Kier molecular flexibility index (Phi) is 3.83. The van der Waals surface area contributed by atoms with Crippen LogP contribution in [0, 0.1) is 17.8 Å². The van der Waals surface area contributed by atoms with Gasteiger partial charge in [0.05, 0.1) is 6.61 Å². The van der Waals surface area contributed by atoms with Crippen molar-refractivity contribution in [1.82, 2.24) is 5.48 Å². The number of rotatable bonds is 5. The molecular weight excluding hydrogens is 238 g/mol. The first-order chi connectivity index (χ1) is 9.31. The van der Waals surface area contributed by atoms with Crippen LogP contribution in [0.15, 0.2) is 30.3 Å². The van der Waals surface area contributed by atoms with E-state index in [4.69, 9.17) is 4.84 Å². The number of carbonyl (C=O) groups excluding carboxylic acids is 1. The number of hydrogen-bond acceptors (Lipinski definition) is 2. The third-order valence-electron chi connectivity index (χ3n) is 4.60. The van der Waals surface area contributed by atoms with E-state index in [1.54, 1.807) is 0 Å². The Hall–Kier alpha value is -1.35. The summed E-state index contributed by atoms with van der Waals surface area (Å²) in [7, 11) is 0. The number of benzene rings is 1. The van der Waals surface area contributed by atoms with Crippen molar-refractivity contribution >= 4 is 5.91 Å². The Labute approximate surface area is 114 Å². The van der Waals surface area contributed by atoms with Gasteiger partial charge in [0.15, 0.2) is 0 Å². The Bertz CT molecular complexity index is 432. The Balaban J connectivity index is 1.38. The number of amides is 1. The molecule has 0 saturated heterocycles. The lowest BCUT2D eigenvalue weighted by atomic mass is 9.86. The summed E-state index contributed by atoms with van der Waals surface area (Å²) in [6.07, 6.45) is 5.94. The van der Waals surface area contributed by atoms with Gasteiger partial charge in [-0.3, -0.25) is 9.63 Å². The minimum Gasteiger partial charge on any atom is -0.273 e. The number of nitrogens with one attached hydrogen (secondary N) is 1. The molecule has 102 valence electrons. The summed E-state index contributed by atoms with van der Waals surface area (Å²) in [5.41, 5.74) is 3.65. The molecule has 0 aliphatic heterocycles.